The molecular weight excluding hydrogens is 353 g/mol. The molecule has 5 nitrogen and oxygen atoms in total. The van der Waals surface area contributed by atoms with Crippen LogP contribution in [-0.4, -0.2) is 18.2 Å². The number of aromatic nitrogens is 2. The zero-order valence-electron chi connectivity index (χ0n) is 12.6. The highest BCUT2D eigenvalue weighted by Crippen LogP contribution is 2.28. The number of nitrogens with one attached hydrogen (secondary N) is 1. The number of nitrogens with zero attached hydrogens (tertiary/aromatic N) is 2. The van der Waals surface area contributed by atoms with Gasteiger partial charge in [-0.2, -0.15) is 5.10 Å². The third-order valence-electron chi connectivity index (χ3n) is 3.30. The Labute approximate surface area is 143 Å². The minimum atomic E-state index is -3.92. The molecule has 3 aromatic rings. The van der Waals surface area contributed by atoms with Crippen molar-refractivity contribution in [3.63, 3.8) is 0 Å². The Morgan fingerprint density at radius 3 is 2.54 bits per heavy atom. The molecule has 0 radical (unpaired) electrons. The summed E-state index contributed by atoms with van der Waals surface area (Å²) < 4.78 is 42.4. The lowest BCUT2D eigenvalue weighted by atomic mass is 10.2. The summed E-state index contributed by atoms with van der Waals surface area (Å²) in [5, 5.41) is 4.07. The number of benzene rings is 2. The molecule has 0 amide bonds. The topological polar surface area (TPSA) is 64.0 Å². The van der Waals surface area contributed by atoms with Gasteiger partial charge in [-0.05, 0) is 18.2 Å². The summed E-state index contributed by atoms with van der Waals surface area (Å²) in [5.74, 6) is -0.619. The van der Waals surface area contributed by atoms with Gasteiger partial charge in [-0.25, -0.2) is 12.8 Å². The van der Waals surface area contributed by atoms with Crippen molar-refractivity contribution in [1.29, 1.82) is 0 Å². The van der Waals surface area contributed by atoms with Crippen molar-refractivity contribution in [3.8, 4) is 11.3 Å². The van der Waals surface area contributed by atoms with Gasteiger partial charge in [0.1, 0.15) is 16.4 Å². The highest BCUT2D eigenvalue weighted by atomic mass is 35.5. The molecule has 0 aliphatic rings. The van der Waals surface area contributed by atoms with Crippen molar-refractivity contribution >= 4 is 27.3 Å². The summed E-state index contributed by atoms with van der Waals surface area (Å²) in [7, 11) is -2.28. The monoisotopic (exact) mass is 365 g/mol. The van der Waals surface area contributed by atoms with Crippen LogP contribution >= 0.6 is 11.6 Å². The van der Waals surface area contributed by atoms with Gasteiger partial charge in [0.05, 0.1) is 10.7 Å². The van der Waals surface area contributed by atoms with Crippen LogP contribution in [0.5, 0.6) is 0 Å². The maximum absolute atomic E-state index is 13.2. The van der Waals surface area contributed by atoms with Crippen LogP contribution in [0.3, 0.4) is 0 Å². The average molecular weight is 366 g/mol. The van der Waals surface area contributed by atoms with Crippen molar-refractivity contribution in [2.75, 3.05) is 4.72 Å². The Kier molecular flexibility index (Phi) is 4.29. The maximum Gasteiger partial charge on any atom is 0.265 e. The van der Waals surface area contributed by atoms with E-state index in [1.165, 1.54) is 23.0 Å². The molecule has 1 heterocycles. The zero-order valence-corrected chi connectivity index (χ0v) is 14.1. The highest BCUT2D eigenvalue weighted by Gasteiger charge is 2.23. The van der Waals surface area contributed by atoms with E-state index in [-0.39, 0.29) is 15.6 Å². The Balaban J connectivity index is 2.03. The molecule has 2 aromatic carbocycles. The molecule has 3 rings (SSSR count). The fourth-order valence-corrected chi connectivity index (χ4v) is 3.66. The van der Waals surface area contributed by atoms with Crippen LogP contribution < -0.4 is 4.72 Å². The molecule has 0 saturated heterocycles. The first-order chi connectivity index (χ1) is 11.4. The van der Waals surface area contributed by atoms with E-state index in [2.05, 4.69) is 9.82 Å². The van der Waals surface area contributed by atoms with E-state index in [1.54, 1.807) is 31.3 Å². The standard InChI is InChI=1S/C16H13ClFN3O2S/c1-21-10-15(16(19-21)11-5-3-2-4-6-11)24(22,23)20-12-7-8-14(18)13(17)9-12/h2-10,20H,1H3. The first-order valence-corrected chi connectivity index (χ1v) is 8.80. The number of anilines is 1. The predicted molar refractivity (Wildman–Crippen MR) is 90.9 cm³/mol. The van der Waals surface area contributed by atoms with Crippen molar-refractivity contribution in [3.05, 3.63) is 65.6 Å². The largest absolute Gasteiger partial charge is 0.279 e. The molecular formula is C16H13ClFN3O2S. The Morgan fingerprint density at radius 1 is 1.17 bits per heavy atom. The molecule has 124 valence electrons. The summed E-state index contributed by atoms with van der Waals surface area (Å²) >= 11 is 5.69. The van der Waals surface area contributed by atoms with E-state index in [9.17, 15) is 12.8 Å². The lowest BCUT2D eigenvalue weighted by Gasteiger charge is -2.08. The molecule has 1 N–H and O–H groups in total. The van der Waals surface area contributed by atoms with Gasteiger partial charge >= 0.3 is 0 Å². The second-order valence-electron chi connectivity index (χ2n) is 5.12. The molecule has 0 spiro atoms. The number of sulfonamides is 1. The van der Waals surface area contributed by atoms with Crippen LogP contribution in [0, 0.1) is 5.82 Å². The Hall–Kier alpha value is -2.38. The normalized spacial score (nSPS) is 11.5. The first-order valence-electron chi connectivity index (χ1n) is 6.94. The van der Waals surface area contributed by atoms with Crippen LogP contribution in [0.15, 0.2) is 59.6 Å². The average Bonchev–Trinajstić information content (AvgIpc) is 2.94. The minimum Gasteiger partial charge on any atom is -0.279 e. The fraction of sp³-hybridized carbons (Fsp3) is 0.0625. The number of halogens is 2. The van der Waals surface area contributed by atoms with Crippen LogP contribution in [0.4, 0.5) is 10.1 Å². The Morgan fingerprint density at radius 2 is 1.88 bits per heavy atom. The van der Waals surface area contributed by atoms with Crippen LogP contribution in [0.25, 0.3) is 11.3 Å². The van der Waals surface area contributed by atoms with E-state index < -0.39 is 15.8 Å². The quantitative estimate of drug-likeness (QED) is 0.767. The zero-order chi connectivity index (χ0) is 17.3. The second kappa shape index (κ2) is 6.26. The summed E-state index contributed by atoms with van der Waals surface area (Å²) in [6, 6.07) is 12.6. The number of hydrogen-bond acceptors (Lipinski definition) is 3. The third kappa shape index (κ3) is 3.27. The summed E-state index contributed by atoms with van der Waals surface area (Å²) in [6.45, 7) is 0. The molecule has 0 unspecified atom stereocenters. The molecule has 8 heteroatoms. The molecule has 0 aliphatic carbocycles. The maximum atomic E-state index is 13.2. The van der Waals surface area contributed by atoms with E-state index in [4.69, 9.17) is 11.6 Å². The number of aryl methyl sites for hydroxylation is 1. The van der Waals surface area contributed by atoms with E-state index in [0.29, 0.717) is 11.3 Å². The fourth-order valence-electron chi connectivity index (χ4n) is 2.23. The van der Waals surface area contributed by atoms with Crippen molar-refractivity contribution in [2.45, 2.75) is 4.90 Å². The van der Waals surface area contributed by atoms with Crippen LogP contribution in [0.1, 0.15) is 0 Å². The lowest BCUT2D eigenvalue weighted by Crippen LogP contribution is -2.13. The molecule has 0 aliphatic heterocycles. The van der Waals surface area contributed by atoms with E-state index >= 15 is 0 Å². The summed E-state index contributed by atoms with van der Waals surface area (Å²) in [5.41, 5.74) is 1.18. The van der Waals surface area contributed by atoms with Gasteiger partial charge < -0.3 is 0 Å². The van der Waals surface area contributed by atoms with Crippen LogP contribution in [-0.2, 0) is 17.1 Å². The molecule has 0 fully saturated rings. The number of rotatable bonds is 4. The summed E-state index contributed by atoms with van der Waals surface area (Å²) in [4.78, 5) is 0.0247. The molecule has 0 saturated carbocycles. The van der Waals surface area contributed by atoms with Gasteiger partial charge in [0, 0.05) is 18.8 Å². The minimum absolute atomic E-state index is 0.0247. The molecule has 0 atom stereocenters. The van der Waals surface area contributed by atoms with Gasteiger partial charge in [-0.1, -0.05) is 41.9 Å². The molecule has 24 heavy (non-hydrogen) atoms. The van der Waals surface area contributed by atoms with Crippen molar-refractivity contribution in [2.24, 2.45) is 7.05 Å². The van der Waals surface area contributed by atoms with Gasteiger partial charge in [0.2, 0.25) is 0 Å². The molecule has 0 bridgehead atoms. The van der Waals surface area contributed by atoms with E-state index in [1.807, 2.05) is 6.07 Å². The van der Waals surface area contributed by atoms with Crippen molar-refractivity contribution in [1.82, 2.24) is 9.78 Å². The smallest absolute Gasteiger partial charge is 0.265 e. The Bertz CT molecular complexity index is 988. The van der Waals surface area contributed by atoms with Gasteiger partial charge in [0.25, 0.3) is 10.0 Å². The van der Waals surface area contributed by atoms with E-state index in [0.717, 1.165) is 6.07 Å². The van der Waals surface area contributed by atoms with Gasteiger partial charge in [0.15, 0.2) is 0 Å². The number of hydrogen-bond donors (Lipinski definition) is 1. The second-order valence-corrected chi connectivity index (χ2v) is 7.17. The third-order valence-corrected chi connectivity index (χ3v) is 4.98. The first kappa shape index (κ1) is 16.5. The van der Waals surface area contributed by atoms with Crippen molar-refractivity contribution < 1.29 is 12.8 Å². The predicted octanol–water partition coefficient (Wildman–Crippen LogP) is 3.68. The molecule has 1 aromatic heterocycles. The SMILES string of the molecule is Cn1cc(S(=O)(=O)Nc2ccc(F)c(Cl)c2)c(-c2ccccc2)n1. The van der Waals surface area contributed by atoms with Gasteiger partial charge in [-0.3, -0.25) is 9.40 Å². The lowest BCUT2D eigenvalue weighted by molar-refractivity contribution is 0.601. The van der Waals surface area contributed by atoms with Gasteiger partial charge in [-0.15, -0.1) is 0 Å². The van der Waals surface area contributed by atoms with Crippen LogP contribution in [0.2, 0.25) is 5.02 Å². The summed E-state index contributed by atoms with van der Waals surface area (Å²) in [6.07, 6.45) is 1.41. The highest BCUT2D eigenvalue weighted by molar-refractivity contribution is 7.92.